The molecule has 1 fully saturated rings. The average molecular weight is 272 g/mol. The molecule has 0 aromatic carbocycles. The van der Waals surface area contributed by atoms with Gasteiger partial charge in [0.25, 0.3) is 0 Å². The molecule has 104 valence electrons. The van der Waals surface area contributed by atoms with E-state index in [4.69, 9.17) is 9.31 Å². The predicted octanol–water partition coefficient (Wildman–Crippen LogP) is 1.67. The molecule has 0 bridgehead atoms. The topological polar surface area (TPSA) is 64.2 Å². The highest BCUT2D eigenvalue weighted by Crippen LogP contribution is 2.36. The summed E-state index contributed by atoms with van der Waals surface area (Å²) in [5.74, 6) is 0. The zero-order chi connectivity index (χ0) is 14.5. The Morgan fingerprint density at radius 3 is 2.50 bits per heavy atom. The van der Waals surface area contributed by atoms with Crippen molar-refractivity contribution in [3.8, 4) is 0 Å². The molecule has 0 saturated carbocycles. The van der Waals surface area contributed by atoms with Crippen LogP contribution in [0.15, 0.2) is 18.5 Å². The van der Waals surface area contributed by atoms with Crippen molar-refractivity contribution in [2.24, 2.45) is 0 Å². The number of aromatic nitrogens is 2. The van der Waals surface area contributed by atoms with Gasteiger partial charge in [0.1, 0.15) is 5.65 Å². The van der Waals surface area contributed by atoms with E-state index in [1.807, 2.05) is 33.8 Å². The van der Waals surface area contributed by atoms with Crippen LogP contribution in [0, 0.1) is 0 Å². The first-order valence-electron chi connectivity index (χ1n) is 6.62. The predicted molar refractivity (Wildman–Crippen MR) is 77.2 cm³/mol. The monoisotopic (exact) mass is 272 g/mol. The highest BCUT2D eigenvalue weighted by Gasteiger charge is 2.51. The van der Waals surface area contributed by atoms with Gasteiger partial charge in [0, 0.05) is 28.8 Å². The van der Waals surface area contributed by atoms with Gasteiger partial charge >= 0.3 is 7.12 Å². The molecule has 2 aromatic rings. The van der Waals surface area contributed by atoms with Crippen molar-refractivity contribution >= 4 is 29.9 Å². The van der Waals surface area contributed by atoms with Crippen LogP contribution >= 0.6 is 0 Å². The Labute approximate surface area is 117 Å². The fourth-order valence-corrected chi connectivity index (χ4v) is 2.25. The normalized spacial score (nSPS) is 20.5. The highest BCUT2D eigenvalue weighted by atomic mass is 16.7. The first-order valence-corrected chi connectivity index (χ1v) is 6.62. The summed E-state index contributed by atoms with van der Waals surface area (Å²) in [6, 6.07) is 1.89. The van der Waals surface area contributed by atoms with Crippen molar-refractivity contribution in [3.63, 3.8) is 0 Å². The summed E-state index contributed by atoms with van der Waals surface area (Å²) in [6.45, 7) is 8.02. The van der Waals surface area contributed by atoms with Gasteiger partial charge in [-0.05, 0) is 33.8 Å². The van der Waals surface area contributed by atoms with E-state index in [9.17, 15) is 4.79 Å². The third kappa shape index (κ3) is 1.87. The molecule has 0 unspecified atom stereocenters. The molecule has 1 aliphatic heterocycles. The lowest BCUT2D eigenvalue weighted by molar-refractivity contribution is 0.00578. The van der Waals surface area contributed by atoms with E-state index in [2.05, 4.69) is 9.97 Å². The summed E-state index contributed by atoms with van der Waals surface area (Å²) in [6.07, 6.45) is 4.18. The maximum absolute atomic E-state index is 11.0. The summed E-state index contributed by atoms with van der Waals surface area (Å²) in [5.41, 5.74) is 1.31. The van der Waals surface area contributed by atoms with E-state index in [1.165, 1.54) is 0 Å². The number of aldehydes is 1. The quantitative estimate of drug-likeness (QED) is 0.667. The van der Waals surface area contributed by atoms with E-state index in [0.29, 0.717) is 11.2 Å². The third-order valence-electron chi connectivity index (χ3n) is 4.24. The molecule has 3 rings (SSSR count). The average Bonchev–Trinajstić information content (AvgIpc) is 2.87. The molecule has 3 heterocycles. The van der Waals surface area contributed by atoms with Crippen molar-refractivity contribution in [2.45, 2.75) is 38.9 Å². The molecular formula is C14H17BN2O3. The smallest absolute Gasteiger partial charge is 0.399 e. The van der Waals surface area contributed by atoms with Crippen LogP contribution in [0.5, 0.6) is 0 Å². The Bertz CT molecular complexity index is 662. The number of hydrogen-bond acceptors (Lipinski definition) is 4. The molecule has 0 radical (unpaired) electrons. The number of H-pyrrole nitrogens is 1. The third-order valence-corrected chi connectivity index (χ3v) is 4.24. The Morgan fingerprint density at radius 1 is 1.25 bits per heavy atom. The summed E-state index contributed by atoms with van der Waals surface area (Å²) in [4.78, 5) is 18.3. The van der Waals surface area contributed by atoms with Crippen LogP contribution in [0.4, 0.5) is 0 Å². The molecule has 1 N–H and O–H groups in total. The van der Waals surface area contributed by atoms with Gasteiger partial charge in [0.15, 0.2) is 6.29 Å². The Kier molecular flexibility index (Phi) is 2.78. The lowest BCUT2D eigenvalue weighted by Gasteiger charge is -2.32. The van der Waals surface area contributed by atoms with E-state index in [-0.39, 0.29) is 0 Å². The van der Waals surface area contributed by atoms with Crippen molar-refractivity contribution < 1.29 is 14.1 Å². The lowest BCUT2D eigenvalue weighted by atomic mass is 9.80. The van der Waals surface area contributed by atoms with Crippen LogP contribution in [0.3, 0.4) is 0 Å². The summed E-state index contributed by atoms with van der Waals surface area (Å²) < 4.78 is 12.0. The van der Waals surface area contributed by atoms with Gasteiger partial charge in [-0.25, -0.2) is 4.98 Å². The van der Waals surface area contributed by atoms with Crippen LogP contribution in [0.25, 0.3) is 11.0 Å². The molecule has 5 nitrogen and oxygen atoms in total. The van der Waals surface area contributed by atoms with Gasteiger partial charge in [0.05, 0.1) is 11.2 Å². The number of hydrogen-bond donors (Lipinski definition) is 1. The van der Waals surface area contributed by atoms with Crippen LogP contribution in [0.2, 0.25) is 0 Å². The van der Waals surface area contributed by atoms with Crippen molar-refractivity contribution in [2.75, 3.05) is 0 Å². The van der Waals surface area contributed by atoms with Gasteiger partial charge in [-0.15, -0.1) is 0 Å². The first-order chi connectivity index (χ1) is 9.34. The summed E-state index contributed by atoms with van der Waals surface area (Å²) in [7, 11) is -0.466. The number of carbonyl (C=O) groups is 1. The van der Waals surface area contributed by atoms with Crippen molar-refractivity contribution in [1.29, 1.82) is 0 Å². The maximum atomic E-state index is 11.0. The zero-order valence-electron chi connectivity index (χ0n) is 12.1. The van der Waals surface area contributed by atoms with Crippen LogP contribution < -0.4 is 5.46 Å². The van der Waals surface area contributed by atoms with Gasteiger partial charge in [-0.1, -0.05) is 0 Å². The number of pyridine rings is 1. The molecule has 2 aromatic heterocycles. The molecule has 0 aliphatic carbocycles. The Hall–Kier alpha value is -1.66. The number of nitrogens with one attached hydrogen (secondary N) is 1. The zero-order valence-corrected chi connectivity index (χ0v) is 12.1. The maximum Gasteiger partial charge on any atom is 0.496 e. The second-order valence-corrected chi connectivity index (χ2v) is 6.11. The van der Waals surface area contributed by atoms with E-state index in [0.717, 1.165) is 17.1 Å². The number of carbonyl (C=O) groups excluding carboxylic acids is 1. The Balaban J connectivity index is 2.01. The minimum Gasteiger partial charge on any atom is -0.399 e. The number of nitrogens with zero attached hydrogens (tertiary/aromatic N) is 1. The van der Waals surface area contributed by atoms with Crippen LogP contribution in [-0.2, 0) is 9.31 Å². The standard InChI is InChI=1S/C14H17BN2O3/c1-13(2)14(3,4)20-15(19-13)10-5-11-9(8-18)6-16-12(11)17-7-10/h5-8H,1-4H3,(H,16,17). The van der Waals surface area contributed by atoms with Crippen molar-refractivity contribution in [3.05, 3.63) is 24.0 Å². The van der Waals surface area contributed by atoms with Gasteiger partial charge in [-0.3, -0.25) is 4.79 Å². The van der Waals surface area contributed by atoms with Gasteiger partial charge in [-0.2, -0.15) is 0 Å². The number of aromatic amines is 1. The first kappa shape index (κ1) is 13.3. The number of fused-ring (bicyclic) bond motifs is 1. The minimum atomic E-state index is -0.466. The van der Waals surface area contributed by atoms with Gasteiger partial charge in [0.2, 0.25) is 0 Å². The summed E-state index contributed by atoms with van der Waals surface area (Å²) >= 11 is 0. The molecule has 0 amide bonds. The fraction of sp³-hybridized carbons (Fsp3) is 0.429. The van der Waals surface area contributed by atoms with E-state index < -0.39 is 18.3 Å². The largest absolute Gasteiger partial charge is 0.496 e. The fourth-order valence-electron chi connectivity index (χ4n) is 2.25. The van der Waals surface area contributed by atoms with Crippen molar-refractivity contribution in [1.82, 2.24) is 9.97 Å². The SMILES string of the molecule is CC1(C)OB(c2cnc3[nH]cc(C=O)c3c2)OC1(C)C. The molecule has 6 heteroatoms. The van der Waals surface area contributed by atoms with E-state index >= 15 is 0 Å². The van der Waals surface area contributed by atoms with Gasteiger partial charge < -0.3 is 14.3 Å². The van der Waals surface area contributed by atoms with Crippen LogP contribution in [0.1, 0.15) is 38.1 Å². The Morgan fingerprint density at radius 2 is 1.90 bits per heavy atom. The molecular weight excluding hydrogens is 255 g/mol. The molecule has 1 saturated heterocycles. The lowest BCUT2D eigenvalue weighted by Crippen LogP contribution is -2.41. The van der Waals surface area contributed by atoms with E-state index in [1.54, 1.807) is 12.4 Å². The highest BCUT2D eigenvalue weighted by molar-refractivity contribution is 6.62. The molecule has 0 atom stereocenters. The second-order valence-electron chi connectivity index (χ2n) is 6.11. The molecule has 20 heavy (non-hydrogen) atoms. The minimum absolute atomic E-state index is 0.391. The second kappa shape index (κ2) is 4.17. The van der Waals surface area contributed by atoms with Crippen LogP contribution in [-0.4, -0.2) is 34.6 Å². The summed E-state index contributed by atoms with van der Waals surface area (Å²) in [5, 5.41) is 0.784. The molecule has 0 spiro atoms. The number of rotatable bonds is 2. The molecule has 1 aliphatic rings.